The number of hydrogen-bond acceptors (Lipinski definition) is 4. The molecule has 0 radical (unpaired) electrons. The van der Waals surface area contributed by atoms with Gasteiger partial charge in [-0.15, -0.1) is 0 Å². The summed E-state index contributed by atoms with van der Waals surface area (Å²) in [5.41, 5.74) is 0. The maximum atomic E-state index is 8.42. The number of hydrogen-bond donors (Lipinski definition) is 1. The summed E-state index contributed by atoms with van der Waals surface area (Å²) < 4.78 is 15.8. The molecule has 0 aliphatic heterocycles. The monoisotopic (exact) mass is 238 g/mol. The molecule has 0 saturated carbocycles. The van der Waals surface area contributed by atoms with Crippen LogP contribution >= 0.6 is 0 Å². The Kier molecular flexibility index (Phi) is 11.6. The molecule has 0 aliphatic carbocycles. The highest BCUT2D eigenvalue weighted by Crippen LogP contribution is 1.97. The lowest BCUT2D eigenvalue weighted by Gasteiger charge is -2.08. The molecule has 0 amide bonds. The van der Waals surface area contributed by atoms with Crippen LogP contribution in [0.4, 0.5) is 0 Å². The Morgan fingerprint density at radius 2 is 1.79 bits per heavy atom. The Hall–Kier alpha value is 0.274. The van der Waals surface area contributed by atoms with Crippen molar-refractivity contribution >= 4 is 19.5 Å². The highest BCUT2D eigenvalue weighted by Gasteiger charge is 2.00. The Morgan fingerprint density at radius 1 is 1.14 bits per heavy atom. The van der Waals surface area contributed by atoms with Gasteiger partial charge in [0, 0.05) is 6.61 Å². The minimum Gasteiger partial charge on any atom is -0.466 e. The van der Waals surface area contributed by atoms with Crippen LogP contribution in [0.15, 0.2) is 0 Å². The third-order valence-corrected chi connectivity index (χ3v) is 6.35. The van der Waals surface area contributed by atoms with E-state index in [1.54, 1.807) is 0 Å². The van der Waals surface area contributed by atoms with Gasteiger partial charge in [0.15, 0.2) is 9.04 Å². The van der Waals surface area contributed by atoms with E-state index >= 15 is 0 Å². The normalized spacial score (nSPS) is 13.3. The maximum absolute atomic E-state index is 8.42. The predicted molar refractivity (Wildman–Crippen MR) is 62.2 cm³/mol. The standard InChI is InChI=1S/C8H22O4Si2/c1-14(12-13)8-2-4-10-6-7-11-5-3-9/h9,14H,2-8H2,1,13H3. The summed E-state index contributed by atoms with van der Waals surface area (Å²) in [4.78, 5) is 0. The molecule has 4 nitrogen and oxygen atoms in total. The summed E-state index contributed by atoms with van der Waals surface area (Å²) in [5.74, 6) is 0. The Bertz CT molecular complexity index is 116. The first-order valence-electron chi connectivity index (χ1n) is 5.10. The molecule has 0 aromatic carbocycles. The zero-order valence-corrected chi connectivity index (χ0v) is 12.4. The Labute approximate surface area is 90.8 Å². The Morgan fingerprint density at radius 3 is 2.36 bits per heavy atom. The van der Waals surface area contributed by atoms with Gasteiger partial charge in [0.25, 0.3) is 0 Å². The van der Waals surface area contributed by atoms with E-state index in [4.69, 9.17) is 18.7 Å². The van der Waals surface area contributed by atoms with Crippen LogP contribution in [0.1, 0.15) is 6.42 Å². The first-order valence-corrected chi connectivity index (χ1v) is 8.36. The molecule has 6 heteroatoms. The highest BCUT2D eigenvalue weighted by molar-refractivity contribution is 6.54. The van der Waals surface area contributed by atoms with E-state index in [1.165, 1.54) is 6.04 Å². The largest absolute Gasteiger partial charge is 0.466 e. The molecule has 0 aliphatic rings. The van der Waals surface area contributed by atoms with Crippen molar-refractivity contribution in [3.63, 3.8) is 0 Å². The van der Waals surface area contributed by atoms with E-state index in [-0.39, 0.29) is 6.61 Å². The fraction of sp³-hybridized carbons (Fsp3) is 1.00. The third-order valence-electron chi connectivity index (χ3n) is 1.91. The van der Waals surface area contributed by atoms with E-state index in [9.17, 15) is 0 Å². The summed E-state index contributed by atoms with van der Waals surface area (Å²) in [6.07, 6.45) is 1.09. The van der Waals surface area contributed by atoms with Gasteiger partial charge in [-0.3, -0.25) is 0 Å². The van der Waals surface area contributed by atoms with Crippen LogP contribution in [0, 0.1) is 0 Å². The third kappa shape index (κ3) is 10.4. The summed E-state index contributed by atoms with van der Waals surface area (Å²) in [7, 11) is 0.0369. The van der Waals surface area contributed by atoms with Crippen molar-refractivity contribution in [2.45, 2.75) is 19.0 Å². The van der Waals surface area contributed by atoms with Crippen LogP contribution in [-0.4, -0.2) is 57.7 Å². The van der Waals surface area contributed by atoms with Gasteiger partial charge in [-0.2, -0.15) is 0 Å². The highest BCUT2D eigenvalue weighted by atomic mass is 28.3. The van der Waals surface area contributed by atoms with Crippen LogP contribution < -0.4 is 0 Å². The fourth-order valence-corrected chi connectivity index (χ4v) is 2.66. The lowest BCUT2D eigenvalue weighted by molar-refractivity contribution is 0.0332. The van der Waals surface area contributed by atoms with Crippen molar-refractivity contribution in [3.05, 3.63) is 0 Å². The fourth-order valence-electron chi connectivity index (χ4n) is 0.977. The molecule has 14 heavy (non-hydrogen) atoms. The molecule has 86 valence electrons. The van der Waals surface area contributed by atoms with Gasteiger partial charge in [-0.25, -0.2) is 0 Å². The van der Waals surface area contributed by atoms with Crippen molar-refractivity contribution in [2.75, 3.05) is 33.0 Å². The van der Waals surface area contributed by atoms with Crippen molar-refractivity contribution in [2.24, 2.45) is 0 Å². The predicted octanol–water partition coefficient (Wildman–Crippen LogP) is -0.947. The van der Waals surface area contributed by atoms with Gasteiger partial charge in [0.1, 0.15) is 10.5 Å². The molecule has 0 aromatic rings. The second-order valence-electron chi connectivity index (χ2n) is 3.14. The van der Waals surface area contributed by atoms with Crippen molar-refractivity contribution in [1.29, 1.82) is 0 Å². The number of aliphatic hydroxyl groups is 1. The molecule has 0 bridgehead atoms. The van der Waals surface area contributed by atoms with Gasteiger partial charge >= 0.3 is 0 Å². The van der Waals surface area contributed by atoms with E-state index in [2.05, 4.69) is 6.55 Å². The topological polar surface area (TPSA) is 47.9 Å². The smallest absolute Gasteiger partial charge is 0.159 e. The van der Waals surface area contributed by atoms with Gasteiger partial charge in [-0.1, -0.05) is 0 Å². The van der Waals surface area contributed by atoms with Crippen LogP contribution in [-0.2, 0) is 13.6 Å². The average Bonchev–Trinajstić information content (AvgIpc) is 2.21. The molecule has 1 unspecified atom stereocenters. The van der Waals surface area contributed by atoms with Crippen LogP contribution in [0.25, 0.3) is 0 Å². The van der Waals surface area contributed by atoms with Crippen molar-refractivity contribution in [1.82, 2.24) is 0 Å². The van der Waals surface area contributed by atoms with Gasteiger partial charge < -0.3 is 18.7 Å². The number of ether oxygens (including phenoxy) is 2. The lowest BCUT2D eigenvalue weighted by atomic mass is 10.5. The van der Waals surface area contributed by atoms with Gasteiger partial charge in [0.2, 0.25) is 0 Å². The molecule has 0 fully saturated rings. The van der Waals surface area contributed by atoms with Gasteiger partial charge in [-0.05, 0) is 19.0 Å². The summed E-state index contributed by atoms with van der Waals surface area (Å²) >= 11 is 0. The number of rotatable bonds is 10. The summed E-state index contributed by atoms with van der Waals surface area (Å²) in [6.45, 7) is 4.70. The van der Waals surface area contributed by atoms with Crippen LogP contribution in [0.2, 0.25) is 12.6 Å². The summed E-state index contributed by atoms with van der Waals surface area (Å²) in [5, 5.41) is 8.42. The molecule has 0 aromatic heterocycles. The molecule has 0 heterocycles. The molecule has 0 spiro atoms. The minimum atomic E-state index is -0.834. The Balaban J connectivity index is 2.92. The lowest BCUT2D eigenvalue weighted by Crippen LogP contribution is -2.13. The summed E-state index contributed by atoms with van der Waals surface area (Å²) in [6, 6.07) is 1.20. The molecular formula is C8H22O4Si2. The van der Waals surface area contributed by atoms with Crippen molar-refractivity contribution in [3.8, 4) is 0 Å². The molecule has 0 saturated heterocycles. The van der Waals surface area contributed by atoms with Crippen LogP contribution in [0.3, 0.4) is 0 Å². The molecular weight excluding hydrogens is 216 g/mol. The second kappa shape index (κ2) is 11.3. The first kappa shape index (κ1) is 14.3. The maximum Gasteiger partial charge on any atom is 0.159 e. The van der Waals surface area contributed by atoms with Gasteiger partial charge in [0.05, 0.1) is 26.4 Å². The first-order chi connectivity index (χ1) is 6.81. The number of aliphatic hydroxyl groups excluding tert-OH is 1. The SMILES string of the molecule is C[SiH](CCCOCCOCCO)O[SiH3]. The van der Waals surface area contributed by atoms with E-state index in [1.807, 2.05) is 0 Å². The van der Waals surface area contributed by atoms with E-state index in [0.29, 0.717) is 19.8 Å². The molecule has 1 atom stereocenters. The average molecular weight is 238 g/mol. The molecule has 0 rings (SSSR count). The van der Waals surface area contributed by atoms with E-state index < -0.39 is 9.04 Å². The van der Waals surface area contributed by atoms with Crippen molar-refractivity contribution < 1.29 is 18.7 Å². The minimum absolute atomic E-state index is 0.0842. The quantitative estimate of drug-likeness (QED) is 0.394. The second-order valence-corrected chi connectivity index (χ2v) is 7.22. The zero-order valence-electron chi connectivity index (χ0n) is 9.20. The van der Waals surface area contributed by atoms with Crippen LogP contribution in [0.5, 0.6) is 0 Å². The van der Waals surface area contributed by atoms with E-state index in [0.717, 1.165) is 23.5 Å². The zero-order chi connectivity index (χ0) is 10.6. The molecule has 1 N–H and O–H groups in total.